The number of carbonyl (C=O) groups is 3. The van der Waals surface area contributed by atoms with Gasteiger partial charge >= 0.3 is 6.03 Å². The highest BCUT2D eigenvalue weighted by Crippen LogP contribution is 2.16. The molecule has 0 unspecified atom stereocenters. The molecular weight excluding hydrogens is 404 g/mol. The van der Waals surface area contributed by atoms with E-state index >= 15 is 0 Å². The van der Waals surface area contributed by atoms with Crippen LogP contribution in [0.4, 0.5) is 10.5 Å². The van der Waals surface area contributed by atoms with Crippen molar-refractivity contribution in [1.82, 2.24) is 14.7 Å². The van der Waals surface area contributed by atoms with Crippen LogP contribution in [0.15, 0.2) is 54.6 Å². The molecule has 7 nitrogen and oxygen atoms in total. The maximum atomic E-state index is 12.7. The Bertz CT molecular complexity index is 929. The number of carbonyl (C=O) groups excluding carboxylic acids is 3. The maximum Gasteiger partial charge on any atom is 0.321 e. The van der Waals surface area contributed by atoms with Gasteiger partial charge in [-0.25, -0.2) is 4.79 Å². The minimum atomic E-state index is -0.191. The molecule has 7 heteroatoms. The van der Waals surface area contributed by atoms with Crippen LogP contribution in [0.3, 0.4) is 0 Å². The molecule has 0 saturated carbocycles. The zero-order chi connectivity index (χ0) is 22.3. The summed E-state index contributed by atoms with van der Waals surface area (Å²) in [6, 6.07) is 16.1. The lowest BCUT2D eigenvalue weighted by molar-refractivity contribution is 0.0671. The van der Waals surface area contributed by atoms with Gasteiger partial charge in [-0.15, -0.1) is 0 Å². The fourth-order valence-corrected chi connectivity index (χ4v) is 4.23. The Morgan fingerprint density at radius 3 is 1.66 bits per heavy atom. The summed E-state index contributed by atoms with van der Waals surface area (Å²) < 4.78 is 0. The van der Waals surface area contributed by atoms with Crippen molar-refractivity contribution in [3.63, 3.8) is 0 Å². The number of nitrogens with one attached hydrogen (secondary N) is 1. The van der Waals surface area contributed by atoms with E-state index in [0.717, 1.165) is 25.9 Å². The average molecular weight is 435 g/mol. The summed E-state index contributed by atoms with van der Waals surface area (Å²) in [5.41, 5.74) is 1.98. The highest BCUT2D eigenvalue weighted by atomic mass is 16.2. The van der Waals surface area contributed by atoms with Gasteiger partial charge in [0, 0.05) is 56.1 Å². The van der Waals surface area contributed by atoms with Crippen LogP contribution >= 0.6 is 0 Å². The molecule has 4 amide bonds. The third kappa shape index (κ3) is 5.28. The summed E-state index contributed by atoms with van der Waals surface area (Å²) in [5, 5.41) is 2.90. The summed E-state index contributed by atoms with van der Waals surface area (Å²) in [7, 11) is 0. The van der Waals surface area contributed by atoms with Crippen LogP contribution in [0.2, 0.25) is 0 Å². The average Bonchev–Trinajstić information content (AvgIpc) is 3.14. The Morgan fingerprint density at radius 1 is 0.562 bits per heavy atom. The predicted octanol–water partition coefficient (Wildman–Crippen LogP) is 3.69. The summed E-state index contributed by atoms with van der Waals surface area (Å²) in [5.74, 6) is 0.0549. The summed E-state index contributed by atoms with van der Waals surface area (Å²) in [6.45, 7) is 3.60. The SMILES string of the molecule is O=C(Nc1ccc(C(=O)N2CCCCCC2)cc1)N1CCN(C(=O)c2ccccc2)CC1. The molecule has 0 bridgehead atoms. The fraction of sp³-hybridized carbons (Fsp3) is 0.400. The van der Waals surface area contributed by atoms with Gasteiger partial charge in [0.1, 0.15) is 0 Å². The van der Waals surface area contributed by atoms with Crippen LogP contribution in [-0.4, -0.2) is 71.8 Å². The number of hydrogen-bond acceptors (Lipinski definition) is 3. The Kier molecular flexibility index (Phi) is 7.04. The third-order valence-electron chi connectivity index (χ3n) is 6.15. The normalized spacial score (nSPS) is 16.9. The molecule has 4 rings (SSSR count). The number of urea groups is 1. The summed E-state index contributed by atoms with van der Waals surface area (Å²) in [4.78, 5) is 43.4. The molecule has 168 valence electrons. The van der Waals surface area contributed by atoms with E-state index in [9.17, 15) is 14.4 Å². The first-order chi connectivity index (χ1) is 15.6. The molecule has 1 N–H and O–H groups in total. The van der Waals surface area contributed by atoms with Crippen molar-refractivity contribution in [3.8, 4) is 0 Å². The van der Waals surface area contributed by atoms with E-state index in [4.69, 9.17) is 0 Å². The van der Waals surface area contributed by atoms with Gasteiger partial charge in [0.05, 0.1) is 0 Å². The van der Waals surface area contributed by atoms with Gasteiger partial charge < -0.3 is 20.0 Å². The monoisotopic (exact) mass is 434 g/mol. The first kappa shape index (κ1) is 21.9. The number of likely N-dealkylation sites (tertiary alicyclic amines) is 1. The van der Waals surface area contributed by atoms with Gasteiger partial charge in [-0.3, -0.25) is 9.59 Å². The molecule has 0 atom stereocenters. The second kappa shape index (κ2) is 10.3. The van der Waals surface area contributed by atoms with Crippen molar-refractivity contribution < 1.29 is 14.4 Å². The van der Waals surface area contributed by atoms with Crippen LogP contribution in [0.5, 0.6) is 0 Å². The molecular formula is C25H30N4O3. The van der Waals surface area contributed by atoms with E-state index in [0.29, 0.717) is 43.0 Å². The van der Waals surface area contributed by atoms with Gasteiger partial charge in [-0.1, -0.05) is 31.0 Å². The topological polar surface area (TPSA) is 73.0 Å². The highest BCUT2D eigenvalue weighted by molar-refractivity contribution is 5.96. The van der Waals surface area contributed by atoms with Gasteiger partial charge in [-0.2, -0.15) is 0 Å². The molecule has 0 spiro atoms. The molecule has 0 aliphatic carbocycles. The van der Waals surface area contributed by atoms with E-state index in [2.05, 4.69) is 5.32 Å². The quantitative estimate of drug-likeness (QED) is 0.801. The van der Waals surface area contributed by atoms with Crippen LogP contribution in [0.25, 0.3) is 0 Å². The van der Waals surface area contributed by atoms with Crippen molar-refractivity contribution in [2.45, 2.75) is 25.7 Å². The fourth-order valence-electron chi connectivity index (χ4n) is 4.23. The van der Waals surface area contributed by atoms with Crippen molar-refractivity contribution >= 4 is 23.5 Å². The zero-order valence-electron chi connectivity index (χ0n) is 18.3. The minimum Gasteiger partial charge on any atom is -0.339 e. The van der Waals surface area contributed by atoms with Crippen molar-refractivity contribution in [3.05, 3.63) is 65.7 Å². The smallest absolute Gasteiger partial charge is 0.321 e. The van der Waals surface area contributed by atoms with E-state index < -0.39 is 0 Å². The van der Waals surface area contributed by atoms with Crippen molar-refractivity contribution in [2.75, 3.05) is 44.6 Å². The third-order valence-corrected chi connectivity index (χ3v) is 6.15. The largest absolute Gasteiger partial charge is 0.339 e. The molecule has 2 aliphatic heterocycles. The zero-order valence-corrected chi connectivity index (χ0v) is 18.3. The molecule has 0 aromatic heterocycles. The lowest BCUT2D eigenvalue weighted by Gasteiger charge is -2.34. The van der Waals surface area contributed by atoms with Gasteiger partial charge in [0.25, 0.3) is 11.8 Å². The van der Waals surface area contributed by atoms with Gasteiger partial charge in [-0.05, 0) is 49.2 Å². The van der Waals surface area contributed by atoms with Crippen LogP contribution in [0, 0.1) is 0 Å². The number of hydrogen-bond donors (Lipinski definition) is 1. The summed E-state index contributed by atoms with van der Waals surface area (Å²) >= 11 is 0. The number of benzene rings is 2. The van der Waals surface area contributed by atoms with E-state index in [1.165, 1.54) is 12.8 Å². The number of amides is 4. The number of piperazine rings is 1. The molecule has 2 saturated heterocycles. The Labute approximate surface area is 189 Å². The first-order valence-corrected chi connectivity index (χ1v) is 11.4. The first-order valence-electron chi connectivity index (χ1n) is 11.4. The number of nitrogens with zero attached hydrogens (tertiary/aromatic N) is 3. The van der Waals surface area contributed by atoms with Crippen LogP contribution in [0.1, 0.15) is 46.4 Å². The van der Waals surface area contributed by atoms with Crippen molar-refractivity contribution in [1.29, 1.82) is 0 Å². The van der Waals surface area contributed by atoms with Gasteiger partial charge in [0.2, 0.25) is 0 Å². The molecule has 0 radical (unpaired) electrons. The lowest BCUT2D eigenvalue weighted by Crippen LogP contribution is -2.51. The molecule has 2 aliphatic rings. The second-order valence-corrected chi connectivity index (χ2v) is 8.36. The van der Waals surface area contributed by atoms with Gasteiger partial charge in [0.15, 0.2) is 0 Å². The molecule has 2 heterocycles. The molecule has 2 fully saturated rings. The van der Waals surface area contributed by atoms with E-state index in [-0.39, 0.29) is 17.8 Å². The van der Waals surface area contributed by atoms with Crippen molar-refractivity contribution in [2.24, 2.45) is 0 Å². The molecule has 2 aromatic carbocycles. The number of anilines is 1. The summed E-state index contributed by atoms with van der Waals surface area (Å²) in [6.07, 6.45) is 4.49. The van der Waals surface area contributed by atoms with E-state index in [1.54, 1.807) is 34.1 Å². The van der Waals surface area contributed by atoms with Crippen LogP contribution < -0.4 is 5.32 Å². The molecule has 32 heavy (non-hydrogen) atoms. The Morgan fingerprint density at radius 2 is 1.06 bits per heavy atom. The predicted molar refractivity (Wildman–Crippen MR) is 124 cm³/mol. The number of rotatable bonds is 3. The molecule has 2 aromatic rings. The second-order valence-electron chi connectivity index (χ2n) is 8.36. The van der Waals surface area contributed by atoms with E-state index in [1.807, 2.05) is 35.2 Å². The Hall–Kier alpha value is -3.35. The highest BCUT2D eigenvalue weighted by Gasteiger charge is 2.25. The lowest BCUT2D eigenvalue weighted by atomic mass is 10.1. The standard InChI is InChI=1S/C25H30N4O3/c30-23(20-8-4-3-5-9-20)28-16-18-29(19-17-28)25(32)26-22-12-10-21(11-13-22)24(31)27-14-6-1-2-7-15-27/h3-5,8-13H,1-2,6-7,14-19H2,(H,26,32). The van der Waals surface area contributed by atoms with Crippen LogP contribution in [-0.2, 0) is 0 Å². The maximum absolute atomic E-state index is 12.7. The Balaban J connectivity index is 1.28. The minimum absolute atomic E-state index is 0.00433.